The van der Waals surface area contributed by atoms with Gasteiger partial charge < -0.3 is 10.5 Å². The molecule has 0 aromatic heterocycles. The molecule has 1 aromatic carbocycles. The number of halogens is 1. The molecule has 0 spiro atoms. The van der Waals surface area contributed by atoms with Crippen LogP contribution in [0.4, 0.5) is 0 Å². The number of hydrogen-bond acceptors (Lipinski definition) is 2. The Kier molecular flexibility index (Phi) is 4.66. The fraction of sp³-hybridized carbons (Fsp3) is 0.333. The molecule has 0 amide bonds. The van der Waals surface area contributed by atoms with E-state index in [0.717, 1.165) is 5.56 Å². The Morgan fingerprint density at radius 1 is 1.53 bits per heavy atom. The third-order valence-corrected chi connectivity index (χ3v) is 2.35. The van der Waals surface area contributed by atoms with Gasteiger partial charge in [0.2, 0.25) is 0 Å². The van der Waals surface area contributed by atoms with Crippen LogP contribution >= 0.6 is 11.6 Å². The molecule has 0 fully saturated rings. The molecule has 82 valence electrons. The molecule has 3 heteroatoms. The van der Waals surface area contributed by atoms with Gasteiger partial charge in [0.05, 0.1) is 5.02 Å². The van der Waals surface area contributed by atoms with E-state index < -0.39 is 0 Å². The summed E-state index contributed by atoms with van der Waals surface area (Å²) in [6.07, 6.45) is 3.86. The molecule has 1 rings (SSSR count). The van der Waals surface area contributed by atoms with Gasteiger partial charge in [-0.1, -0.05) is 29.8 Å². The fourth-order valence-electron chi connectivity index (χ4n) is 1.15. The maximum atomic E-state index is 6.05. The summed E-state index contributed by atoms with van der Waals surface area (Å²) in [5.41, 5.74) is 6.76. The first-order valence-electron chi connectivity index (χ1n) is 4.94. The topological polar surface area (TPSA) is 35.2 Å². The van der Waals surface area contributed by atoms with Crippen molar-refractivity contribution in [2.45, 2.75) is 19.9 Å². The predicted octanol–water partition coefficient (Wildman–Crippen LogP) is 3.31. The first kappa shape index (κ1) is 12.1. The van der Waals surface area contributed by atoms with Crippen LogP contribution in [0.3, 0.4) is 0 Å². The third kappa shape index (κ3) is 3.57. The molecule has 0 saturated heterocycles. The van der Waals surface area contributed by atoms with Crippen molar-refractivity contribution in [2.24, 2.45) is 5.73 Å². The van der Waals surface area contributed by atoms with Crippen molar-refractivity contribution < 1.29 is 4.74 Å². The minimum absolute atomic E-state index is 0.00733. The van der Waals surface area contributed by atoms with Crippen LogP contribution in [0.15, 0.2) is 30.4 Å². The standard InChI is InChI=1S/C12H16ClNO/c1-3-4-7-15-12-6-5-10(9(2)14)8-11(12)13/h3-6,8-9H,7,14H2,1-2H3/b4-3+. The number of nitrogens with two attached hydrogens (primary N) is 1. The second-order valence-electron chi connectivity index (χ2n) is 3.36. The van der Waals surface area contributed by atoms with Crippen molar-refractivity contribution in [3.8, 4) is 5.75 Å². The second-order valence-corrected chi connectivity index (χ2v) is 3.77. The zero-order valence-corrected chi connectivity index (χ0v) is 9.79. The van der Waals surface area contributed by atoms with Crippen LogP contribution in [0.2, 0.25) is 5.02 Å². The maximum absolute atomic E-state index is 6.05. The number of ether oxygens (including phenoxy) is 1. The van der Waals surface area contributed by atoms with Gasteiger partial charge in [0.25, 0.3) is 0 Å². The van der Waals surface area contributed by atoms with Crippen LogP contribution in [-0.4, -0.2) is 6.61 Å². The van der Waals surface area contributed by atoms with Gasteiger partial charge in [-0.2, -0.15) is 0 Å². The quantitative estimate of drug-likeness (QED) is 0.798. The molecule has 1 unspecified atom stereocenters. The average molecular weight is 226 g/mol. The minimum atomic E-state index is -0.00733. The Labute approximate surface area is 95.7 Å². The number of rotatable bonds is 4. The molecule has 2 N–H and O–H groups in total. The third-order valence-electron chi connectivity index (χ3n) is 2.05. The van der Waals surface area contributed by atoms with Gasteiger partial charge in [-0.05, 0) is 31.5 Å². The van der Waals surface area contributed by atoms with Crippen LogP contribution in [0.25, 0.3) is 0 Å². The highest BCUT2D eigenvalue weighted by Gasteiger charge is 2.04. The molecule has 1 atom stereocenters. The van der Waals surface area contributed by atoms with Crippen molar-refractivity contribution in [1.29, 1.82) is 0 Å². The van der Waals surface area contributed by atoms with Crippen LogP contribution in [0, 0.1) is 0 Å². The zero-order chi connectivity index (χ0) is 11.3. The highest BCUT2D eigenvalue weighted by atomic mass is 35.5. The van der Waals surface area contributed by atoms with Crippen molar-refractivity contribution >= 4 is 11.6 Å². The number of hydrogen-bond donors (Lipinski definition) is 1. The summed E-state index contributed by atoms with van der Waals surface area (Å²) in [5.74, 6) is 0.694. The molecule has 0 aliphatic carbocycles. The Morgan fingerprint density at radius 2 is 2.27 bits per heavy atom. The molecule has 1 aromatic rings. The van der Waals surface area contributed by atoms with E-state index in [1.54, 1.807) is 0 Å². The lowest BCUT2D eigenvalue weighted by Crippen LogP contribution is -2.05. The predicted molar refractivity (Wildman–Crippen MR) is 64.4 cm³/mol. The second kappa shape index (κ2) is 5.79. The van der Waals surface area contributed by atoms with E-state index in [1.165, 1.54) is 0 Å². The van der Waals surface area contributed by atoms with Crippen molar-refractivity contribution in [3.63, 3.8) is 0 Å². The van der Waals surface area contributed by atoms with E-state index >= 15 is 0 Å². The molecule has 0 bridgehead atoms. The molecule has 0 radical (unpaired) electrons. The van der Waals surface area contributed by atoms with Crippen LogP contribution in [0.1, 0.15) is 25.5 Å². The van der Waals surface area contributed by atoms with Crippen LogP contribution in [-0.2, 0) is 0 Å². The largest absolute Gasteiger partial charge is 0.488 e. The van der Waals surface area contributed by atoms with Gasteiger partial charge in [0.15, 0.2) is 0 Å². The summed E-state index contributed by atoms with van der Waals surface area (Å²) in [4.78, 5) is 0. The van der Waals surface area contributed by atoms with Gasteiger partial charge >= 0.3 is 0 Å². The van der Waals surface area contributed by atoms with Crippen LogP contribution < -0.4 is 10.5 Å². The summed E-state index contributed by atoms with van der Waals surface area (Å²) in [5, 5.41) is 0.606. The van der Waals surface area contributed by atoms with Crippen LogP contribution in [0.5, 0.6) is 5.75 Å². The monoisotopic (exact) mass is 225 g/mol. The van der Waals surface area contributed by atoms with E-state index in [4.69, 9.17) is 22.1 Å². The zero-order valence-electron chi connectivity index (χ0n) is 9.03. The lowest BCUT2D eigenvalue weighted by atomic mass is 10.1. The molecule has 15 heavy (non-hydrogen) atoms. The smallest absolute Gasteiger partial charge is 0.138 e. The summed E-state index contributed by atoms with van der Waals surface area (Å²) in [6, 6.07) is 5.62. The van der Waals surface area contributed by atoms with E-state index in [1.807, 2.05) is 44.2 Å². The Hall–Kier alpha value is -0.990. The highest BCUT2D eigenvalue weighted by Crippen LogP contribution is 2.27. The molecular weight excluding hydrogens is 210 g/mol. The van der Waals surface area contributed by atoms with Crippen molar-refractivity contribution in [3.05, 3.63) is 40.9 Å². The molecule has 0 heterocycles. The van der Waals surface area contributed by atoms with E-state index in [9.17, 15) is 0 Å². The summed E-state index contributed by atoms with van der Waals surface area (Å²) in [6.45, 7) is 4.41. The first-order chi connectivity index (χ1) is 7.15. The molecular formula is C12H16ClNO. The summed E-state index contributed by atoms with van der Waals surface area (Å²) < 4.78 is 5.45. The van der Waals surface area contributed by atoms with E-state index in [0.29, 0.717) is 17.4 Å². The Bertz CT molecular complexity index is 347. The van der Waals surface area contributed by atoms with E-state index in [-0.39, 0.29) is 6.04 Å². The lowest BCUT2D eigenvalue weighted by Gasteiger charge is -2.09. The van der Waals surface area contributed by atoms with Gasteiger partial charge in [-0.3, -0.25) is 0 Å². The van der Waals surface area contributed by atoms with Crippen molar-refractivity contribution in [1.82, 2.24) is 0 Å². The fourth-order valence-corrected chi connectivity index (χ4v) is 1.40. The summed E-state index contributed by atoms with van der Waals surface area (Å²) in [7, 11) is 0. The van der Waals surface area contributed by atoms with Gasteiger partial charge in [-0.15, -0.1) is 0 Å². The molecule has 2 nitrogen and oxygen atoms in total. The molecule has 0 aliphatic heterocycles. The number of allylic oxidation sites excluding steroid dienone is 1. The average Bonchev–Trinajstić information content (AvgIpc) is 2.20. The SMILES string of the molecule is C/C=C/COc1ccc(C(C)N)cc1Cl. The molecule has 0 aliphatic rings. The molecule has 0 saturated carbocycles. The Morgan fingerprint density at radius 3 is 2.80 bits per heavy atom. The minimum Gasteiger partial charge on any atom is -0.488 e. The van der Waals surface area contributed by atoms with Gasteiger partial charge in [-0.25, -0.2) is 0 Å². The number of benzene rings is 1. The first-order valence-corrected chi connectivity index (χ1v) is 5.32. The maximum Gasteiger partial charge on any atom is 0.138 e. The van der Waals surface area contributed by atoms with E-state index in [2.05, 4.69) is 0 Å². The lowest BCUT2D eigenvalue weighted by molar-refractivity contribution is 0.363. The summed E-state index contributed by atoms with van der Waals surface area (Å²) >= 11 is 6.05. The van der Waals surface area contributed by atoms with Crippen molar-refractivity contribution in [2.75, 3.05) is 6.61 Å². The van der Waals surface area contributed by atoms with Gasteiger partial charge in [0.1, 0.15) is 12.4 Å². The van der Waals surface area contributed by atoms with Gasteiger partial charge in [0, 0.05) is 6.04 Å². The Balaban J connectivity index is 2.74. The normalized spacial score (nSPS) is 13.1. The highest BCUT2D eigenvalue weighted by molar-refractivity contribution is 6.32.